The molecule has 0 aromatic carbocycles. The third-order valence-corrected chi connectivity index (χ3v) is 2.31. The number of carboxylic acids is 1. The molecule has 0 aliphatic carbocycles. The maximum absolute atomic E-state index is 10.8. The molecule has 1 atom stereocenters. The molecule has 14 heavy (non-hydrogen) atoms. The van der Waals surface area contributed by atoms with Gasteiger partial charge in [0.2, 0.25) is 0 Å². The Hall–Kier alpha value is -1.56. The SMILES string of the molecule is O=C(O)c1c(O)cnn1C1CCCN1. The van der Waals surface area contributed by atoms with E-state index in [0.29, 0.717) is 0 Å². The average molecular weight is 197 g/mol. The molecule has 0 spiro atoms. The Kier molecular flexibility index (Phi) is 2.12. The van der Waals surface area contributed by atoms with Crippen molar-refractivity contribution in [3.63, 3.8) is 0 Å². The number of nitrogens with zero attached hydrogens (tertiary/aromatic N) is 2. The number of carboxylic acid groups (broad SMARTS) is 1. The van der Waals surface area contributed by atoms with Gasteiger partial charge in [-0.1, -0.05) is 0 Å². The van der Waals surface area contributed by atoms with Crippen LogP contribution in [-0.2, 0) is 0 Å². The predicted octanol–water partition coefficient (Wildman–Crippen LogP) is 0.169. The lowest BCUT2D eigenvalue weighted by Crippen LogP contribution is -2.24. The molecule has 1 aromatic rings. The maximum atomic E-state index is 10.8. The Labute approximate surface area is 80.2 Å². The fourth-order valence-corrected chi connectivity index (χ4v) is 1.67. The van der Waals surface area contributed by atoms with E-state index in [4.69, 9.17) is 5.11 Å². The third kappa shape index (κ3) is 1.33. The van der Waals surface area contributed by atoms with Gasteiger partial charge in [-0.25, -0.2) is 9.48 Å². The van der Waals surface area contributed by atoms with Crippen molar-refractivity contribution in [3.05, 3.63) is 11.9 Å². The minimum Gasteiger partial charge on any atom is -0.504 e. The van der Waals surface area contributed by atoms with Crippen molar-refractivity contribution < 1.29 is 15.0 Å². The molecule has 0 amide bonds. The molecule has 0 radical (unpaired) electrons. The number of carbonyl (C=O) groups is 1. The van der Waals surface area contributed by atoms with Crippen molar-refractivity contribution in [2.24, 2.45) is 0 Å². The fourth-order valence-electron chi connectivity index (χ4n) is 1.67. The molecule has 1 unspecified atom stereocenters. The molecule has 3 N–H and O–H groups in total. The van der Waals surface area contributed by atoms with E-state index in [0.717, 1.165) is 25.6 Å². The summed E-state index contributed by atoms with van der Waals surface area (Å²) in [5, 5.41) is 25.1. The lowest BCUT2D eigenvalue weighted by molar-refractivity contribution is 0.0675. The summed E-state index contributed by atoms with van der Waals surface area (Å²) in [7, 11) is 0. The highest BCUT2D eigenvalue weighted by molar-refractivity contribution is 5.88. The van der Waals surface area contributed by atoms with Crippen LogP contribution in [0.15, 0.2) is 6.20 Å². The van der Waals surface area contributed by atoms with Gasteiger partial charge in [0, 0.05) is 0 Å². The first kappa shape index (κ1) is 9.01. The second-order valence-corrected chi connectivity index (χ2v) is 3.24. The second-order valence-electron chi connectivity index (χ2n) is 3.24. The van der Waals surface area contributed by atoms with E-state index in [1.807, 2.05) is 0 Å². The van der Waals surface area contributed by atoms with Crippen molar-refractivity contribution in [1.82, 2.24) is 15.1 Å². The van der Waals surface area contributed by atoms with Crippen LogP contribution in [0, 0.1) is 0 Å². The van der Waals surface area contributed by atoms with Gasteiger partial charge in [-0.15, -0.1) is 0 Å². The van der Waals surface area contributed by atoms with Crippen LogP contribution in [-0.4, -0.2) is 32.5 Å². The lowest BCUT2D eigenvalue weighted by atomic mass is 10.3. The average Bonchev–Trinajstić information content (AvgIpc) is 2.70. The molecular weight excluding hydrogens is 186 g/mol. The van der Waals surface area contributed by atoms with Gasteiger partial charge in [-0.05, 0) is 19.4 Å². The summed E-state index contributed by atoms with van der Waals surface area (Å²) < 4.78 is 1.32. The van der Waals surface area contributed by atoms with Crippen LogP contribution in [0.25, 0.3) is 0 Å². The van der Waals surface area contributed by atoms with E-state index >= 15 is 0 Å². The monoisotopic (exact) mass is 197 g/mol. The van der Waals surface area contributed by atoms with Crippen LogP contribution in [0.1, 0.15) is 29.5 Å². The molecule has 1 fully saturated rings. The first-order valence-corrected chi connectivity index (χ1v) is 4.43. The quantitative estimate of drug-likeness (QED) is 0.629. The van der Waals surface area contributed by atoms with Crippen LogP contribution in [0.5, 0.6) is 5.75 Å². The molecule has 1 aliphatic heterocycles. The molecule has 1 aliphatic rings. The van der Waals surface area contributed by atoms with Crippen LogP contribution >= 0.6 is 0 Å². The van der Waals surface area contributed by atoms with Crippen molar-refractivity contribution in [1.29, 1.82) is 0 Å². The molecule has 1 aromatic heterocycles. The molecule has 6 nitrogen and oxygen atoms in total. The zero-order valence-electron chi connectivity index (χ0n) is 7.47. The highest BCUT2D eigenvalue weighted by Gasteiger charge is 2.25. The Balaban J connectivity index is 2.37. The van der Waals surface area contributed by atoms with Gasteiger partial charge in [0.05, 0.1) is 6.20 Å². The Morgan fingerprint density at radius 2 is 2.50 bits per heavy atom. The van der Waals surface area contributed by atoms with E-state index in [9.17, 15) is 9.90 Å². The number of aromatic hydroxyl groups is 1. The van der Waals surface area contributed by atoms with Crippen LogP contribution in [0.4, 0.5) is 0 Å². The minimum absolute atomic E-state index is 0.109. The summed E-state index contributed by atoms with van der Waals surface area (Å²) in [6, 6.07) is 0. The van der Waals surface area contributed by atoms with E-state index in [2.05, 4.69) is 10.4 Å². The van der Waals surface area contributed by atoms with E-state index < -0.39 is 5.97 Å². The second kappa shape index (κ2) is 3.30. The molecule has 0 saturated carbocycles. The lowest BCUT2D eigenvalue weighted by Gasteiger charge is -2.12. The summed E-state index contributed by atoms with van der Waals surface area (Å²) in [6.07, 6.45) is 2.87. The van der Waals surface area contributed by atoms with Gasteiger partial charge >= 0.3 is 5.97 Å². The summed E-state index contributed by atoms with van der Waals surface area (Å²) in [4.78, 5) is 10.8. The zero-order chi connectivity index (χ0) is 10.1. The summed E-state index contributed by atoms with van der Waals surface area (Å²) in [5.74, 6) is -1.44. The van der Waals surface area contributed by atoms with Crippen LogP contribution < -0.4 is 5.32 Å². The van der Waals surface area contributed by atoms with Gasteiger partial charge in [0.25, 0.3) is 0 Å². The van der Waals surface area contributed by atoms with E-state index in [1.54, 1.807) is 0 Å². The molecule has 76 valence electrons. The number of hydrogen-bond donors (Lipinski definition) is 3. The Morgan fingerprint density at radius 3 is 3.07 bits per heavy atom. The highest BCUT2D eigenvalue weighted by Crippen LogP contribution is 2.23. The standard InChI is InChI=1S/C8H11N3O3/c12-5-4-10-11(7(5)8(13)14)6-2-1-3-9-6/h4,6,9,12H,1-3H2,(H,13,14). The topological polar surface area (TPSA) is 87.4 Å². The summed E-state index contributed by atoms with van der Waals surface area (Å²) in [5.41, 5.74) is -0.149. The van der Waals surface area contributed by atoms with Gasteiger partial charge in [-0.3, -0.25) is 5.32 Å². The number of aromatic carboxylic acids is 1. The smallest absolute Gasteiger partial charge is 0.358 e. The maximum Gasteiger partial charge on any atom is 0.358 e. The Morgan fingerprint density at radius 1 is 1.71 bits per heavy atom. The molecule has 6 heteroatoms. The fraction of sp³-hybridized carbons (Fsp3) is 0.500. The molecule has 0 bridgehead atoms. The van der Waals surface area contributed by atoms with E-state index in [1.165, 1.54) is 4.68 Å². The number of aromatic nitrogens is 2. The van der Waals surface area contributed by atoms with Crippen LogP contribution in [0.2, 0.25) is 0 Å². The van der Waals surface area contributed by atoms with Crippen molar-refractivity contribution >= 4 is 5.97 Å². The highest BCUT2D eigenvalue weighted by atomic mass is 16.4. The van der Waals surface area contributed by atoms with Gasteiger partial charge in [0.15, 0.2) is 11.4 Å². The number of hydrogen-bond acceptors (Lipinski definition) is 4. The third-order valence-electron chi connectivity index (χ3n) is 2.31. The molecule has 2 heterocycles. The van der Waals surface area contributed by atoms with Gasteiger partial charge < -0.3 is 10.2 Å². The summed E-state index contributed by atoms with van der Waals surface area (Å²) >= 11 is 0. The van der Waals surface area contributed by atoms with E-state index in [-0.39, 0.29) is 17.6 Å². The molecular formula is C8H11N3O3. The van der Waals surface area contributed by atoms with Gasteiger partial charge in [-0.2, -0.15) is 5.10 Å². The van der Waals surface area contributed by atoms with Crippen LogP contribution in [0.3, 0.4) is 0 Å². The Bertz CT molecular complexity index is 355. The van der Waals surface area contributed by atoms with Crippen molar-refractivity contribution in [2.75, 3.05) is 6.54 Å². The number of rotatable bonds is 2. The molecule has 2 rings (SSSR count). The van der Waals surface area contributed by atoms with Crippen molar-refractivity contribution in [2.45, 2.75) is 19.0 Å². The van der Waals surface area contributed by atoms with Crippen molar-refractivity contribution in [3.8, 4) is 5.75 Å². The first-order valence-electron chi connectivity index (χ1n) is 4.43. The largest absolute Gasteiger partial charge is 0.504 e. The first-order chi connectivity index (χ1) is 6.70. The number of nitrogens with one attached hydrogen (secondary N) is 1. The summed E-state index contributed by atoms with van der Waals surface area (Å²) in [6.45, 7) is 0.852. The van der Waals surface area contributed by atoms with Gasteiger partial charge in [0.1, 0.15) is 6.17 Å². The normalized spacial score (nSPS) is 21.3. The molecule has 1 saturated heterocycles. The predicted molar refractivity (Wildman–Crippen MR) is 47.1 cm³/mol. The minimum atomic E-state index is -1.16. The zero-order valence-corrected chi connectivity index (χ0v) is 7.47.